The molecule has 2 aromatic carbocycles. The van der Waals surface area contributed by atoms with Crippen LogP contribution in [0.4, 0.5) is 17.1 Å². The number of benzene rings is 2. The Bertz CT molecular complexity index is 996. The first kappa shape index (κ1) is 16.4. The Morgan fingerprint density at radius 2 is 1.88 bits per heavy atom. The number of nitrogens with zero attached hydrogens (tertiary/aromatic N) is 4. The van der Waals surface area contributed by atoms with Crippen molar-refractivity contribution in [1.29, 1.82) is 0 Å². The highest BCUT2D eigenvalue weighted by Gasteiger charge is 2.19. The molecule has 0 radical (unpaired) electrons. The van der Waals surface area contributed by atoms with Crippen LogP contribution >= 0.6 is 0 Å². The molecule has 9 nitrogen and oxygen atoms in total. The highest BCUT2D eigenvalue weighted by atomic mass is 16.6. The Morgan fingerprint density at radius 1 is 1.12 bits per heavy atom. The third kappa shape index (κ3) is 3.11. The molecule has 25 heavy (non-hydrogen) atoms. The molecular formula is C16H15N5O4. The fraction of sp³-hybridized carbons (Fsp3) is 0.188. The SMILES string of the molecule is Cc1ccc2c(c1)nc(CNc1ccc([N+](=O)[O-])cc1[N+](=O)[O-])n2C. The van der Waals surface area contributed by atoms with Crippen molar-refractivity contribution in [2.45, 2.75) is 13.5 Å². The minimum atomic E-state index is -0.662. The number of rotatable bonds is 5. The lowest BCUT2D eigenvalue weighted by Crippen LogP contribution is -2.07. The fourth-order valence-electron chi connectivity index (χ4n) is 2.63. The molecule has 0 bridgehead atoms. The Hall–Kier alpha value is -3.49. The topological polar surface area (TPSA) is 116 Å². The molecule has 0 aliphatic carbocycles. The number of nitro groups is 2. The van der Waals surface area contributed by atoms with Gasteiger partial charge in [-0.05, 0) is 30.7 Å². The first-order chi connectivity index (χ1) is 11.9. The predicted molar refractivity (Wildman–Crippen MR) is 92.5 cm³/mol. The number of fused-ring (bicyclic) bond motifs is 1. The molecular weight excluding hydrogens is 326 g/mol. The molecule has 3 aromatic rings. The zero-order valence-corrected chi connectivity index (χ0v) is 13.6. The summed E-state index contributed by atoms with van der Waals surface area (Å²) in [6.07, 6.45) is 0. The average molecular weight is 341 g/mol. The van der Waals surface area contributed by atoms with E-state index < -0.39 is 9.85 Å². The summed E-state index contributed by atoms with van der Waals surface area (Å²) in [5, 5.41) is 24.9. The second-order valence-corrected chi connectivity index (χ2v) is 5.65. The number of nitro benzene ring substituents is 2. The maximum absolute atomic E-state index is 11.2. The van der Waals surface area contributed by atoms with Gasteiger partial charge in [-0.1, -0.05) is 6.07 Å². The van der Waals surface area contributed by atoms with Crippen molar-refractivity contribution in [3.8, 4) is 0 Å². The van der Waals surface area contributed by atoms with Gasteiger partial charge < -0.3 is 9.88 Å². The molecule has 0 amide bonds. The van der Waals surface area contributed by atoms with Crippen LogP contribution in [0.3, 0.4) is 0 Å². The van der Waals surface area contributed by atoms with Gasteiger partial charge in [-0.25, -0.2) is 4.98 Å². The maximum Gasteiger partial charge on any atom is 0.299 e. The Balaban J connectivity index is 1.90. The van der Waals surface area contributed by atoms with Gasteiger partial charge in [0.15, 0.2) is 0 Å². The van der Waals surface area contributed by atoms with Gasteiger partial charge in [0.2, 0.25) is 0 Å². The number of aryl methyl sites for hydroxylation is 2. The number of nitrogens with one attached hydrogen (secondary N) is 1. The third-order valence-electron chi connectivity index (χ3n) is 3.95. The van der Waals surface area contributed by atoms with Gasteiger partial charge in [0, 0.05) is 13.1 Å². The summed E-state index contributed by atoms with van der Waals surface area (Å²) in [6.45, 7) is 2.23. The molecule has 0 atom stereocenters. The molecule has 0 saturated carbocycles. The first-order valence-corrected chi connectivity index (χ1v) is 7.45. The summed E-state index contributed by atoms with van der Waals surface area (Å²) < 4.78 is 1.90. The lowest BCUT2D eigenvalue weighted by molar-refractivity contribution is -0.393. The van der Waals surface area contributed by atoms with Gasteiger partial charge in [-0.2, -0.15) is 0 Å². The van der Waals surface area contributed by atoms with E-state index >= 15 is 0 Å². The Morgan fingerprint density at radius 3 is 2.56 bits per heavy atom. The standard InChI is InChI=1S/C16H15N5O4/c1-10-3-6-14-13(7-10)18-16(19(14)2)9-17-12-5-4-11(20(22)23)8-15(12)21(24)25/h3-8,17H,9H2,1-2H3. The summed E-state index contributed by atoms with van der Waals surface area (Å²) >= 11 is 0. The molecule has 0 fully saturated rings. The average Bonchev–Trinajstić information content (AvgIpc) is 2.87. The van der Waals surface area contributed by atoms with E-state index in [0.29, 0.717) is 5.82 Å². The van der Waals surface area contributed by atoms with Crippen molar-refractivity contribution in [3.63, 3.8) is 0 Å². The minimum Gasteiger partial charge on any atom is -0.372 e. The van der Waals surface area contributed by atoms with Crippen molar-refractivity contribution in [2.24, 2.45) is 7.05 Å². The molecule has 1 aromatic heterocycles. The maximum atomic E-state index is 11.2. The molecule has 128 valence electrons. The normalized spacial score (nSPS) is 10.8. The van der Waals surface area contributed by atoms with E-state index in [1.165, 1.54) is 12.1 Å². The highest BCUT2D eigenvalue weighted by Crippen LogP contribution is 2.29. The smallest absolute Gasteiger partial charge is 0.299 e. The van der Waals surface area contributed by atoms with Crippen LogP contribution in [0.5, 0.6) is 0 Å². The van der Waals surface area contributed by atoms with E-state index in [1.807, 2.05) is 36.7 Å². The van der Waals surface area contributed by atoms with E-state index in [2.05, 4.69) is 10.3 Å². The van der Waals surface area contributed by atoms with Crippen LogP contribution in [-0.2, 0) is 13.6 Å². The van der Waals surface area contributed by atoms with Crippen molar-refractivity contribution >= 4 is 28.1 Å². The van der Waals surface area contributed by atoms with Crippen LogP contribution in [0.2, 0.25) is 0 Å². The molecule has 0 aliphatic heterocycles. The molecule has 0 saturated heterocycles. The number of hydrogen-bond donors (Lipinski definition) is 1. The Kier molecular flexibility index (Phi) is 4.05. The van der Waals surface area contributed by atoms with Gasteiger partial charge >= 0.3 is 0 Å². The van der Waals surface area contributed by atoms with Crippen molar-refractivity contribution in [1.82, 2.24) is 9.55 Å². The largest absolute Gasteiger partial charge is 0.372 e. The summed E-state index contributed by atoms with van der Waals surface area (Å²) in [4.78, 5) is 25.2. The number of hydrogen-bond acceptors (Lipinski definition) is 6. The van der Waals surface area contributed by atoms with E-state index in [4.69, 9.17) is 0 Å². The highest BCUT2D eigenvalue weighted by molar-refractivity contribution is 5.77. The van der Waals surface area contributed by atoms with Crippen LogP contribution in [0.25, 0.3) is 11.0 Å². The molecule has 1 heterocycles. The van der Waals surface area contributed by atoms with E-state index in [1.54, 1.807) is 0 Å². The minimum absolute atomic E-state index is 0.207. The van der Waals surface area contributed by atoms with Gasteiger partial charge in [-0.3, -0.25) is 20.2 Å². The zero-order chi connectivity index (χ0) is 18.1. The molecule has 0 spiro atoms. The van der Waals surface area contributed by atoms with E-state index in [9.17, 15) is 20.2 Å². The molecule has 0 aliphatic rings. The number of imidazole rings is 1. The number of anilines is 1. The number of non-ortho nitro benzene ring substituents is 1. The van der Waals surface area contributed by atoms with Gasteiger partial charge in [0.05, 0.1) is 33.5 Å². The molecule has 9 heteroatoms. The monoisotopic (exact) mass is 341 g/mol. The van der Waals surface area contributed by atoms with Gasteiger partial charge in [0.25, 0.3) is 11.4 Å². The quantitative estimate of drug-likeness (QED) is 0.562. The zero-order valence-electron chi connectivity index (χ0n) is 13.6. The lowest BCUT2D eigenvalue weighted by Gasteiger charge is -2.07. The van der Waals surface area contributed by atoms with Crippen molar-refractivity contribution < 1.29 is 9.85 Å². The van der Waals surface area contributed by atoms with Gasteiger partial charge in [0.1, 0.15) is 11.5 Å². The first-order valence-electron chi connectivity index (χ1n) is 7.45. The summed E-state index contributed by atoms with van der Waals surface area (Å²) in [5.41, 5.74) is 2.44. The summed E-state index contributed by atoms with van der Waals surface area (Å²) in [7, 11) is 1.87. The van der Waals surface area contributed by atoms with Crippen molar-refractivity contribution in [3.05, 3.63) is 68.0 Å². The second kappa shape index (κ2) is 6.19. The molecule has 3 rings (SSSR count). The van der Waals surface area contributed by atoms with Crippen LogP contribution in [0.15, 0.2) is 36.4 Å². The predicted octanol–water partition coefficient (Wildman–Crippen LogP) is 3.31. The van der Waals surface area contributed by atoms with E-state index in [-0.39, 0.29) is 23.6 Å². The fourth-order valence-corrected chi connectivity index (χ4v) is 2.63. The van der Waals surface area contributed by atoms with E-state index in [0.717, 1.165) is 22.7 Å². The molecule has 1 N–H and O–H groups in total. The van der Waals surface area contributed by atoms with Crippen LogP contribution in [0.1, 0.15) is 11.4 Å². The summed E-state index contributed by atoms with van der Waals surface area (Å²) in [5.74, 6) is 0.702. The van der Waals surface area contributed by atoms with Crippen LogP contribution in [-0.4, -0.2) is 19.4 Å². The Labute approximate surface area is 142 Å². The van der Waals surface area contributed by atoms with Crippen LogP contribution in [0, 0.1) is 27.2 Å². The lowest BCUT2D eigenvalue weighted by atomic mass is 10.2. The van der Waals surface area contributed by atoms with Crippen LogP contribution < -0.4 is 5.32 Å². The van der Waals surface area contributed by atoms with Crippen molar-refractivity contribution in [2.75, 3.05) is 5.32 Å². The molecule has 0 unspecified atom stereocenters. The number of aromatic nitrogens is 2. The third-order valence-corrected chi connectivity index (χ3v) is 3.95. The van der Waals surface area contributed by atoms with Gasteiger partial charge in [-0.15, -0.1) is 0 Å². The second-order valence-electron chi connectivity index (χ2n) is 5.65. The summed E-state index contributed by atoms with van der Waals surface area (Å²) in [6, 6.07) is 9.43.